The molecule has 4 heteroatoms. The van der Waals surface area contributed by atoms with Gasteiger partial charge in [0.2, 0.25) is 0 Å². The van der Waals surface area contributed by atoms with Crippen LogP contribution in [0.4, 0.5) is 5.69 Å². The molecule has 0 radical (unpaired) electrons. The van der Waals surface area contributed by atoms with Gasteiger partial charge in [-0.1, -0.05) is 121 Å². The number of allylic oxidation sites excluding steroid dienone is 8. The second-order valence-corrected chi connectivity index (χ2v) is 20.4. The molecule has 0 aromatic heterocycles. The quantitative estimate of drug-likeness (QED) is 0.195. The molecule has 44 heavy (non-hydrogen) atoms. The molecule has 6 atom stereocenters. The summed E-state index contributed by atoms with van der Waals surface area (Å²) in [6.45, 7) is 10.2. The molecule has 7 rings (SSSR count). The van der Waals surface area contributed by atoms with E-state index in [-0.39, 0.29) is 5.60 Å². The molecule has 6 unspecified atom stereocenters. The number of anilines is 1. The highest BCUT2D eigenvalue weighted by Gasteiger charge is 2.58. The summed E-state index contributed by atoms with van der Waals surface area (Å²) in [7, 11) is 0.199. The van der Waals surface area contributed by atoms with Gasteiger partial charge in [0.25, 0.3) is 0 Å². The maximum absolute atomic E-state index is 6.06. The van der Waals surface area contributed by atoms with E-state index in [9.17, 15) is 0 Å². The molecule has 2 aromatic carbocycles. The van der Waals surface area contributed by atoms with Crippen LogP contribution < -0.4 is 4.90 Å². The molecule has 2 aromatic rings. The van der Waals surface area contributed by atoms with Crippen molar-refractivity contribution in [1.82, 2.24) is 0 Å². The molecule has 5 aliphatic rings. The van der Waals surface area contributed by atoms with Gasteiger partial charge in [0.1, 0.15) is 0 Å². The minimum Gasteiger partial charge on any atom is -0.376 e. The summed E-state index contributed by atoms with van der Waals surface area (Å²) in [6.07, 6.45) is 24.6. The number of nitrogens with zero attached hydrogens (tertiary/aromatic N) is 1. The van der Waals surface area contributed by atoms with Crippen molar-refractivity contribution >= 4 is 40.5 Å². The summed E-state index contributed by atoms with van der Waals surface area (Å²) in [5, 5.41) is 1.76. The molecular weight excluding hydrogens is 618 g/mol. The molecule has 1 heterocycles. The summed E-state index contributed by atoms with van der Waals surface area (Å²) >= 11 is 3.86. The zero-order chi connectivity index (χ0) is 30.6. The highest BCUT2D eigenvalue weighted by molar-refractivity contribution is 9.10. The third kappa shape index (κ3) is 5.10. The molecule has 0 spiro atoms. The highest BCUT2D eigenvalue weighted by atomic mass is 79.9. The van der Waals surface area contributed by atoms with Crippen LogP contribution >= 0.6 is 15.9 Å². The second-order valence-electron chi connectivity index (χ2n) is 15.0. The molecule has 230 valence electrons. The van der Waals surface area contributed by atoms with Crippen molar-refractivity contribution in [3.8, 4) is 0 Å². The van der Waals surface area contributed by atoms with Crippen molar-refractivity contribution in [3.05, 3.63) is 112 Å². The Kier molecular flexibility index (Phi) is 8.08. The summed E-state index contributed by atoms with van der Waals surface area (Å²) in [4.78, 5) is 2.56. The van der Waals surface area contributed by atoms with Gasteiger partial charge in [0, 0.05) is 29.4 Å². The van der Waals surface area contributed by atoms with Crippen LogP contribution in [0.25, 0.3) is 10.8 Å². The van der Waals surface area contributed by atoms with Crippen molar-refractivity contribution < 1.29 is 4.74 Å². The van der Waals surface area contributed by atoms with Gasteiger partial charge in [-0.2, -0.15) is 0 Å². The number of likely N-dealkylation sites (N-methyl/N-ethyl adjacent to an activating group) is 1. The van der Waals surface area contributed by atoms with Crippen molar-refractivity contribution in [1.29, 1.82) is 0 Å². The predicted molar refractivity (Wildman–Crippen MR) is 193 cm³/mol. The number of rotatable bonds is 9. The number of unbranched alkanes of at least 4 members (excludes halogenated alkanes) is 3. The molecule has 0 saturated heterocycles. The first-order valence-corrected chi connectivity index (χ1v) is 20.5. The highest BCUT2D eigenvalue weighted by Crippen LogP contribution is 2.66. The summed E-state index contributed by atoms with van der Waals surface area (Å²) in [6, 6.07) is 18.0. The molecule has 0 amide bonds. The zero-order valence-corrected chi connectivity index (χ0v) is 29.7. The number of benzene rings is 2. The van der Waals surface area contributed by atoms with Crippen LogP contribution in [0.15, 0.2) is 95.5 Å². The van der Waals surface area contributed by atoms with E-state index in [1.54, 1.807) is 16.3 Å². The van der Waals surface area contributed by atoms with E-state index in [1.807, 2.05) is 0 Å². The summed E-state index contributed by atoms with van der Waals surface area (Å²) in [5.41, 5.74) is 8.10. The summed E-state index contributed by atoms with van der Waals surface area (Å²) < 4.78 is 7.24. The number of hydrogen-bond acceptors (Lipinski definition) is 2. The first kappa shape index (κ1) is 30.3. The van der Waals surface area contributed by atoms with Crippen molar-refractivity contribution in [2.24, 2.45) is 23.7 Å². The Morgan fingerprint density at radius 2 is 1.43 bits per heavy atom. The smallest absolute Gasteiger partial charge is 0.0892 e. The topological polar surface area (TPSA) is 12.5 Å². The molecule has 1 fully saturated rings. The lowest BCUT2D eigenvalue weighted by Gasteiger charge is -2.42. The van der Waals surface area contributed by atoms with E-state index in [4.69, 9.17) is 4.74 Å². The summed E-state index contributed by atoms with van der Waals surface area (Å²) in [5.74, 6) is 2.39. The molecular formula is C40H48BrNOSi. The Hall–Kier alpha value is -2.40. The maximum Gasteiger partial charge on any atom is 0.0892 e. The largest absolute Gasteiger partial charge is 0.376 e. The van der Waals surface area contributed by atoms with Crippen LogP contribution in [0.3, 0.4) is 0 Å². The van der Waals surface area contributed by atoms with Crippen LogP contribution in [0.1, 0.15) is 69.2 Å². The molecule has 1 saturated carbocycles. The number of halogens is 1. The van der Waals surface area contributed by atoms with Gasteiger partial charge < -0.3 is 9.64 Å². The molecule has 1 aliphatic heterocycles. The lowest BCUT2D eigenvalue weighted by atomic mass is 9.83. The van der Waals surface area contributed by atoms with E-state index in [0.717, 1.165) is 13.0 Å². The number of fused-ring (bicyclic) bond motifs is 8. The Morgan fingerprint density at radius 3 is 2.11 bits per heavy atom. The average molecular weight is 667 g/mol. The number of ether oxygens (including phenoxy) is 1. The minimum atomic E-state index is -2.11. The third-order valence-electron chi connectivity index (χ3n) is 11.2. The van der Waals surface area contributed by atoms with Gasteiger partial charge in [0.05, 0.1) is 19.7 Å². The lowest BCUT2D eigenvalue weighted by molar-refractivity contribution is -0.00471. The SMILES string of the molecule is CN1c2ccc(Br)cc2C2=C([Si](C)(CCCCCCOC(C)(C)C)C3C4C=CC=CC4C4C=CC=CC43)c3ccccc3C21. The fraction of sp³-hybridized carbons (Fsp3) is 0.450. The Morgan fingerprint density at radius 1 is 0.795 bits per heavy atom. The Balaban J connectivity index is 1.33. The molecule has 4 aliphatic carbocycles. The van der Waals surface area contributed by atoms with E-state index in [1.165, 1.54) is 46.6 Å². The third-order valence-corrected chi connectivity index (χ3v) is 17.0. The fourth-order valence-electron chi connectivity index (χ4n) is 9.53. The number of hydrogen-bond donors (Lipinski definition) is 0. The van der Waals surface area contributed by atoms with Crippen LogP contribution in [-0.2, 0) is 4.74 Å². The van der Waals surface area contributed by atoms with Gasteiger partial charge in [-0.05, 0) is 96.5 Å². The standard InChI is InChI=1S/C40H48BrNOSi/c1-40(2,3)43-24-14-6-7-15-25-44(5,38-31-19-11-8-16-28(31)29-17-9-12-20-32(29)38)39-33-21-13-10-18-30(33)37-36(39)34-26-27(41)22-23-35(34)42(37)4/h8-13,16-23,26,28-29,31-32,37-38H,6-7,14-15,24-25H2,1-5H3. The van der Waals surface area contributed by atoms with E-state index in [2.05, 4.69) is 146 Å². The van der Waals surface area contributed by atoms with Crippen molar-refractivity contribution in [2.75, 3.05) is 18.6 Å². The van der Waals surface area contributed by atoms with Gasteiger partial charge in [-0.3, -0.25) is 0 Å². The van der Waals surface area contributed by atoms with E-state index >= 15 is 0 Å². The van der Waals surface area contributed by atoms with Crippen LogP contribution in [0.2, 0.25) is 18.1 Å². The fourth-order valence-corrected chi connectivity index (χ4v) is 15.9. The first-order chi connectivity index (χ1) is 21.2. The monoisotopic (exact) mass is 665 g/mol. The van der Waals surface area contributed by atoms with Gasteiger partial charge in [0.15, 0.2) is 0 Å². The molecule has 2 nitrogen and oxygen atoms in total. The normalized spacial score (nSPS) is 29.0. The van der Waals surface area contributed by atoms with Gasteiger partial charge >= 0.3 is 0 Å². The second kappa shape index (κ2) is 11.8. The molecule has 0 N–H and O–H groups in total. The van der Waals surface area contributed by atoms with Crippen molar-refractivity contribution in [3.63, 3.8) is 0 Å². The van der Waals surface area contributed by atoms with Gasteiger partial charge in [-0.15, -0.1) is 0 Å². The average Bonchev–Trinajstić information content (AvgIpc) is 3.62. The van der Waals surface area contributed by atoms with Crippen LogP contribution in [-0.4, -0.2) is 27.3 Å². The maximum atomic E-state index is 6.06. The molecule has 0 bridgehead atoms. The Bertz CT molecular complexity index is 1540. The predicted octanol–water partition coefficient (Wildman–Crippen LogP) is 11.0. The van der Waals surface area contributed by atoms with Crippen LogP contribution in [0.5, 0.6) is 0 Å². The first-order valence-electron chi connectivity index (χ1n) is 16.9. The minimum absolute atomic E-state index is 0.0506. The Labute approximate surface area is 274 Å². The van der Waals surface area contributed by atoms with Gasteiger partial charge in [-0.25, -0.2) is 0 Å². The van der Waals surface area contributed by atoms with E-state index < -0.39 is 8.07 Å². The lowest BCUT2D eigenvalue weighted by Crippen LogP contribution is -2.43. The zero-order valence-electron chi connectivity index (χ0n) is 27.1. The van der Waals surface area contributed by atoms with Crippen LogP contribution in [0, 0.1) is 23.7 Å². The van der Waals surface area contributed by atoms with Crippen molar-refractivity contribution in [2.45, 2.75) is 76.2 Å². The van der Waals surface area contributed by atoms with E-state index in [0.29, 0.717) is 35.3 Å².